The van der Waals surface area contributed by atoms with Crippen molar-refractivity contribution < 1.29 is 24.5 Å². The zero-order valence-corrected chi connectivity index (χ0v) is 9.76. The van der Waals surface area contributed by atoms with Crippen LogP contribution >= 0.6 is 0 Å². The molecule has 0 radical (unpaired) electrons. The van der Waals surface area contributed by atoms with Gasteiger partial charge in [0, 0.05) is 0 Å². The van der Waals surface area contributed by atoms with Gasteiger partial charge in [-0.15, -0.1) is 0 Å². The number of carboxylic acid groups (broad SMARTS) is 1. The molecule has 1 aromatic rings. The number of carbonyl (C=O) groups is 1. The maximum Gasteiger partial charge on any atom is 0.346 e. The Bertz CT molecular complexity index is 517. The van der Waals surface area contributed by atoms with Gasteiger partial charge in [0.2, 0.25) is 0 Å². The molecule has 0 spiro atoms. The summed E-state index contributed by atoms with van der Waals surface area (Å²) in [5.74, 6) is -1.75. The lowest BCUT2D eigenvalue weighted by Crippen LogP contribution is -2.01. The van der Waals surface area contributed by atoms with Gasteiger partial charge < -0.3 is 19.7 Å². The van der Waals surface area contributed by atoms with Crippen molar-refractivity contribution in [3.8, 4) is 23.3 Å². The summed E-state index contributed by atoms with van der Waals surface area (Å²) in [6, 6.07) is 4.22. The maximum absolute atomic E-state index is 11.6. The quantitative estimate of drug-likeness (QED) is 0.623. The minimum atomic E-state index is -1.35. The van der Waals surface area contributed by atoms with Crippen LogP contribution in [-0.4, -0.2) is 25.3 Å². The van der Waals surface area contributed by atoms with Gasteiger partial charge in [-0.05, 0) is 29.5 Å². The Balaban J connectivity index is 3.35. The zero-order chi connectivity index (χ0) is 13.7. The Morgan fingerprint density at radius 2 is 1.89 bits per heavy atom. The highest BCUT2D eigenvalue weighted by atomic mass is 16.5. The van der Waals surface area contributed by atoms with Crippen molar-refractivity contribution in [1.82, 2.24) is 0 Å². The second-order valence-electron chi connectivity index (χ2n) is 3.23. The van der Waals surface area contributed by atoms with E-state index in [-0.39, 0.29) is 11.5 Å². The van der Waals surface area contributed by atoms with Gasteiger partial charge in [-0.3, -0.25) is 0 Å². The van der Waals surface area contributed by atoms with E-state index in [2.05, 4.69) is 0 Å². The van der Waals surface area contributed by atoms with E-state index in [0.717, 1.165) is 6.08 Å². The first-order valence-electron chi connectivity index (χ1n) is 4.81. The lowest BCUT2D eigenvalue weighted by atomic mass is 10.1. The Morgan fingerprint density at radius 1 is 1.39 bits per heavy atom. The number of nitriles is 1. The van der Waals surface area contributed by atoms with E-state index in [1.807, 2.05) is 0 Å². The molecule has 0 unspecified atom stereocenters. The number of hydrogen-bond acceptors (Lipinski definition) is 5. The van der Waals surface area contributed by atoms with Crippen LogP contribution in [-0.2, 0) is 4.79 Å². The molecule has 1 rings (SSSR count). The smallest absolute Gasteiger partial charge is 0.346 e. The molecule has 0 atom stereocenters. The maximum atomic E-state index is 11.6. The topological polar surface area (TPSA) is 103 Å². The van der Waals surface area contributed by atoms with Crippen LogP contribution in [0.3, 0.4) is 0 Å². The summed E-state index contributed by atoms with van der Waals surface area (Å²) in [5.41, 5.74) is -0.111. The molecule has 94 valence electrons. The second kappa shape index (κ2) is 5.59. The molecule has 6 heteroatoms. The van der Waals surface area contributed by atoms with E-state index < -0.39 is 17.3 Å². The van der Waals surface area contributed by atoms with Crippen molar-refractivity contribution in [1.29, 1.82) is 5.26 Å². The van der Waals surface area contributed by atoms with Crippen LogP contribution in [0.5, 0.6) is 17.2 Å². The number of ether oxygens (including phenoxy) is 2. The molecule has 0 amide bonds. The van der Waals surface area contributed by atoms with Crippen molar-refractivity contribution in [2.45, 2.75) is 0 Å². The number of methoxy groups -OCH3 is 2. The third kappa shape index (κ3) is 2.71. The normalized spacial score (nSPS) is 10.6. The number of rotatable bonds is 4. The molecule has 0 saturated heterocycles. The van der Waals surface area contributed by atoms with Crippen LogP contribution in [0.1, 0.15) is 5.56 Å². The summed E-state index contributed by atoms with van der Waals surface area (Å²) in [5, 5.41) is 29.0. The van der Waals surface area contributed by atoms with Gasteiger partial charge in [0.05, 0.1) is 14.2 Å². The van der Waals surface area contributed by atoms with Crippen LogP contribution < -0.4 is 14.6 Å². The lowest BCUT2D eigenvalue weighted by Gasteiger charge is -2.17. The van der Waals surface area contributed by atoms with Crippen LogP contribution in [0, 0.1) is 11.3 Å². The fourth-order valence-corrected chi connectivity index (χ4v) is 1.29. The second-order valence-corrected chi connectivity index (χ2v) is 3.23. The Labute approximate surface area is 103 Å². The molecular formula is C12H10NO5-. The predicted molar refractivity (Wildman–Crippen MR) is 60.2 cm³/mol. The standard InChI is InChI=1S/C12H11NO5/c1-17-9-4-7(3-8(6-13)12(15)16)5-10(18-2)11(9)14/h3-5,14H,1-2H3,(H,15,16)/p-1/b8-3+. The molecule has 6 nitrogen and oxygen atoms in total. The van der Waals surface area contributed by atoms with Gasteiger partial charge in [-0.25, -0.2) is 4.79 Å². The fraction of sp³-hybridized carbons (Fsp3) is 0.167. The van der Waals surface area contributed by atoms with Gasteiger partial charge in [0.25, 0.3) is 0 Å². The van der Waals surface area contributed by atoms with E-state index >= 15 is 0 Å². The first-order valence-corrected chi connectivity index (χ1v) is 4.81. The minimum Gasteiger partial charge on any atom is -0.867 e. The highest BCUT2D eigenvalue weighted by Crippen LogP contribution is 2.35. The Hall–Kier alpha value is -2.68. The molecule has 0 saturated carbocycles. The number of nitrogens with zero attached hydrogens (tertiary/aromatic N) is 1. The molecule has 0 heterocycles. The van der Waals surface area contributed by atoms with E-state index in [1.54, 1.807) is 6.07 Å². The third-order valence-corrected chi connectivity index (χ3v) is 2.14. The summed E-state index contributed by atoms with van der Waals surface area (Å²) < 4.78 is 9.70. The molecule has 1 aromatic carbocycles. The van der Waals surface area contributed by atoms with Crippen molar-refractivity contribution in [3.05, 3.63) is 23.3 Å². The summed E-state index contributed by atoms with van der Waals surface area (Å²) in [7, 11) is 2.62. The summed E-state index contributed by atoms with van der Waals surface area (Å²) >= 11 is 0. The Kier molecular flexibility index (Phi) is 4.16. The van der Waals surface area contributed by atoms with Crippen LogP contribution in [0.25, 0.3) is 6.08 Å². The number of benzene rings is 1. The van der Waals surface area contributed by atoms with Gasteiger partial charge in [0.15, 0.2) is 0 Å². The predicted octanol–water partition coefficient (Wildman–Crippen LogP) is 0.769. The first-order chi connectivity index (χ1) is 8.53. The zero-order valence-electron chi connectivity index (χ0n) is 9.76. The fourth-order valence-electron chi connectivity index (χ4n) is 1.29. The lowest BCUT2D eigenvalue weighted by molar-refractivity contribution is -0.271. The van der Waals surface area contributed by atoms with E-state index in [4.69, 9.17) is 19.8 Å². The van der Waals surface area contributed by atoms with Crippen LogP contribution in [0.15, 0.2) is 17.7 Å². The van der Waals surface area contributed by atoms with Crippen LogP contribution in [0.4, 0.5) is 0 Å². The van der Waals surface area contributed by atoms with E-state index in [0.29, 0.717) is 5.56 Å². The van der Waals surface area contributed by atoms with Crippen molar-refractivity contribution >= 4 is 12.0 Å². The minimum absolute atomic E-state index is 0.0169. The summed E-state index contributed by atoms with van der Waals surface area (Å²) in [6.07, 6.45) is 1.13. The molecule has 0 aromatic heterocycles. The monoisotopic (exact) mass is 248 g/mol. The number of hydrogen-bond donors (Lipinski definition) is 1. The largest absolute Gasteiger partial charge is 0.867 e. The van der Waals surface area contributed by atoms with Crippen LogP contribution in [0.2, 0.25) is 0 Å². The first kappa shape index (κ1) is 13.4. The summed E-state index contributed by atoms with van der Waals surface area (Å²) in [6.45, 7) is 0. The third-order valence-electron chi connectivity index (χ3n) is 2.14. The van der Waals surface area contributed by atoms with Crippen molar-refractivity contribution in [2.24, 2.45) is 0 Å². The molecule has 18 heavy (non-hydrogen) atoms. The van der Waals surface area contributed by atoms with E-state index in [1.165, 1.54) is 26.4 Å². The molecule has 0 fully saturated rings. The molecule has 0 aliphatic heterocycles. The average molecular weight is 248 g/mol. The molecule has 0 bridgehead atoms. The highest BCUT2D eigenvalue weighted by Gasteiger charge is 2.08. The number of aliphatic carboxylic acids is 1. The molecule has 0 aliphatic carbocycles. The summed E-state index contributed by atoms with van der Waals surface area (Å²) in [4.78, 5) is 10.7. The van der Waals surface area contributed by atoms with Gasteiger partial charge in [-0.2, -0.15) is 5.26 Å². The van der Waals surface area contributed by atoms with Gasteiger partial charge in [-0.1, -0.05) is 0 Å². The van der Waals surface area contributed by atoms with Gasteiger partial charge in [0.1, 0.15) is 23.1 Å². The molecular weight excluding hydrogens is 238 g/mol. The van der Waals surface area contributed by atoms with Crippen molar-refractivity contribution in [3.63, 3.8) is 0 Å². The van der Waals surface area contributed by atoms with Crippen molar-refractivity contribution in [2.75, 3.05) is 14.2 Å². The average Bonchev–Trinajstić information content (AvgIpc) is 2.36. The molecule has 0 aliphatic rings. The molecule has 1 N–H and O–H groups in total. The SMILES string of the molecule is COc1cc(/C=C(\C#N)C(=O)O)cc(OC)c1[O-]. The number of carboxylic acids is 1. The Morgan fingerprint density at radius 3 is 2.22 bits per heavy atom. The highest BCUT2D eigenvalue weighted by molar-refractivity contribution is 5.96. The van der Waals surface area contributed by atoms with Gasteiger partial charge >= 0.3 is 5.97 Å². The van der Waals surface area contributed by atoms with E-state index in [9.17, 15) is 9.90 Å².